The number of carbonyl (C=O) groups excluding carboxylic acids is 1. The van der Waals surface area contributed by atoms with Gasteiger partial charge < -0.3 is 5.32 Å². The van der Waals surface area contributed by atoms with Crippen LogP contribution >= 0.6 is 11.6 Å². The molecule has 1 N–H and O–H groups in total. The highest BCUT2D eigenvalue weighted by atomic mass is 35.5. The molecule has 0 spiro atoms. The van der Waals surface area contributed by atoms with Gasteiger partial charge in [-0.1, -0.05) is 30.9 Å². The maximum absolute atomic E-state index is 11.8. The van der Waals surface area contributed by atoms with Gasteiger partial charge >= 0.3 is 0 Å². The zero-order valence-electron chi connectivity index (χ0n) is 9.92. The van der Waals surface area contributed by atoms with E-state index in [9.17, 15) is 4.79 Å². The fourth-order valence-electron chi connectivity index (χ4n) is 2.40. The van der Waals surface area contributed by atoms with E-state index in [0.717, 1.165) is 5.69 Å². The number of nitrogens with one attached hydrogen (secondary N) is 1. The van der Waals surface area contributed by atoms with Crippen LogP contribution in [0.25, 0.3) is 0 Å². The van der Waals surface area contributed by atoms with Crippen molar-refractivity contribution in [1.82, 2.24) is 0 Å². The maximum Gasteiger partial charge on any atom is 0.224 e. The number of benzene rings is 1. The quantitative estimate of drug-likeness (QED) is 0.855. The molecule has 0 aliphatic heterocycles. The first kappa shape index (κ1) is 12.4. The van der Waals surface area contributed by atoms with E-state index in [1.807, 2.05) is 12.1 Å². The molecule has 1 fully saturated rings. The van der Waals surface area contributed by atoms with Crippen molar-refractivity contribution in [1.29, 1.82) is 0 Å². The van der Waals surface area contributed by atoms with Crippen LogP contribution in [0.15, 0.2) is 24.3 Å². The number of carbonyl (C=O) groups is 1. The van der Waals surface area contributed by atoms with Crippen molar-refractivity contribution < 1.29 is 4.79 Å². The van der Waals surface area contributed by atoms with Crippen molar-refractivity contribution in [2.45, 2.75) is 38.5 Å². The molecule has 0 bridgehead atoms. The fraction of sp³-hybridized carbons (Fsp3) is 0.500. The fourth-order valence-corrected chi connectivity index (χ4v) is 2.52. The zero-order valence-corrected chi connectivity index (χ0v) is 10.7. The van der Waals surface area contributed by atoms with Crippen LogP contribution in [0.3, 0.4) is 0 Å². The van der Waals surface area contributed by atoms with E-state index in [1.165, 1.54) is 32.1 Å². The van der Waals surface area contributed by atoms with Crippen LogP contribution in [0.1, 0.15) is 38.5 Å². The molecule has 0 unspecified atom stereocenters. The summed E-state index contributed by atoms with van der Waals surface area (Å²) in [5.41, 5.74) is 0.829. The van der Waals surface area contributed by atoms with Crippen LogP contribution in [-0.2, 0) is 4.79 Å². The second-order valence-corrected chi connectivity index (χ2v) is 5.20. The Hall–Kier alpha value is -1.02. The largest absolute Gasteiger partial charge is 0.326 e. The number of rotatable bonds is 3. The van der Waals surface area contributed by atoms with Crippen LogP contribution in [0.2, 0.25) is 5.02 Å². The lowest BCUT2D eigenvalue weighted by atomic mass is 9.87. The Morgan fingerprint density at radius 3 is 2.47 bits per heavy atom. The highest BCUT2D eigenvalue weighted by Crippen LogP contribution is 2.26. The first-order valence-corrected chi connectivity index (χ1v) is 6.67. The average Bonchev–Trinajstić information content (AvgIpc) is 2.33. The van der Waals surface area contributed by atoms with Gasteiger partial charge in [0.05, 0.1) is 0 Å². The zero-order chi connectivity index (χ0) is 12.1. The van der Waals surface area contributed by atoms with Gasteiger partial charge in [0, 0.05) is 17.1 Å². The van der Waals surface area contributed by atoms with Gasteiger partial charge in [0.2, 0.25) is 5.91 Å². The molecule has 92 valence electrons. The summed E-state index contributed by atoms with van der Waals surface area (Å²) in [5, 5.41) is 3.61. The second kappa shape index (κ2) is 6.06. The lowest BCUT2D eigenvalue weighted by Gasteiger charge is -2.20. The van der Waals surface area contributed by atoms with Gasteiger partial charge in [-0.25, -0.2) is 0 Å². The minimum absolute atomic E-state index is 0.124. The topological polar surface area (TPSA) is 29.1 Å². The molecule has 1 aliphatic rings. The monoisotopic (exact) mass is 251 g/mol. The van der Waals surface area contributed by atoms with E-state index >= 15 is 0 Å². The Balaban J connectivity index is 1.82. The Morgan fingerprint density at radius 1 is 1.18 bits per heavy atom. The van der Waals surface area contributed by atoms with Crippen molar-refractivity contribution in [3.05, 3.63) is 29.3 Å². The lowest BCUT2D eigenvalue weighted by molar-refractivity contribution is -0.117. The molecule has 0 radical (unpaired) electrons. The van der Waals surface area contributed by atoms with E-state index in [2.05, 4.69) is 5.32 Å². The lowest BCUT2D eigenvalue weighted by Crippen LogP contribution is -2.18. The van der Waals surface area contributed by atoms with Gasteiger partial charge in [0.15, 0.2) is 0 Å². The van der Waals surface area contributed by atoms with Crippen LogP contribution in [-0.4, -0.2) is 5.91 Å². The SMILES string of the molecule is O=C(CC1CCCCC1)Nc1ccc(Cl)cc1. The molecule has 0 atom stereocenters. The molecule has 0 heterocycles. The molecule has 2 nitrogen and oxygen atoms in total. The third kappa shape index (κ3) is 4.04. The Morgan fingerprint density at radius 2 is 1.82 bits per heavy atom. The van der Waals surface area contributed by atoms with Gasteiger partial charge in [0.25, 0.3) is 0 Å². The summed E-state index contributed by atoms with van der Waals surface area (Å²) in [4.78, 5) is 11.8. The van der Waals surface area contributed by atoms with E-state index in [-0.39, 0.29) is 5.91 Å². The number of halogens is 1. The highest BCUT2D eigenvalue weighted by Gasteiger charge is 2.16. The molecule has 0 saturated heterocycles. The summed E-state index contributed by atoms with van der Waals surface area (Å²) in [6.07, 6.45) is 6.94. The van der Waals surface area contributed by atoms with Gasteiger partial charge in [-0.05, 0) is 43.0 Å². The van der Waals surface area contributed by atoms with E-state index in [0.29, 0.717) is 17.4 Å². The van der Waals surface area contributed by atoms with Crippen LogP contribution in [0.4, 0.5) is 5.69 Å². The number of hydrogen-bond acceptors (Lipinski definition) is 1. The molecule has 2 rings (SSSR count). The van der Waals surface area contributed by atoms with Crippen molar-refractivity contribution in [3.63, 3.8) is 0 Å². The summed E-state index contributed by atoms with van der Waals surface area (Å²) in [6.45, 7) is 0. The molecule has 1 aromatic rings. The third-order valence-corrected chi connectivity index (χ3v) is 3.58. The molecule has 1 saturated carbocycles. The number of amides is 1. The molecule has 17 heavy (non-hydrogen) atoms. The summed E-state index contributed by atoms with van der Waals surface area (Å²) in [5.74, 6) is 0.704. The first-order chi connectivity index (χ1) is 8.24. The normalized spacial score (nSPS) is 16.8. The summed E-state index contributed by atoms with van der Waals surface area (Å²) in [7, 11) is 0. The summed E-state index contributed by atoms with van der Waals surface area (Å²) < 4.78 is 0. The molecular formula is C14H18ClNO. The molecule has 3 heteroatoms. The van der Waals surface area contributed by atoms with E-state index < -0.39 is 0 Å². The van der Waals surface area contributed by atoms with Crippen molar-refractivity contribution in [2.24, 2.45) is 5.92 Å². The molecule has 1 amide bonds. The van der Waals surface area contributed by atoms with Crippen LogP contribution < -0.4 is 5.32 Å². The number of hydrogen-bond donors (Lipinski definition) is 1. The standard InChI is InChI=1S/C14H18ClNO/c15-12-6-8-13(9-7-12)16-14(17)10-11-4-2-1-3-5-11/h6-9,11H,1-5,10H2,(H,16,17). The van der Waals surface area contributed by atoms with Crippen molar-refractivity contribution >= 4 is 23.2 Å². The molecule has 1 aromatic carbocycles. The predicted octanol–water partition coefficient (Wildman–Crippen LogP) is 4.25. The van der Waals surface area contributed by atoms with Crippen LogP contribution in [0, 0.1) is 5.92 Å². The first-order valence-electron chi connectivity index (χ1n) is 6.29. The van der Waals surface area contributed by atoms with Gasteiger partial charge in [-0.15, -0.1) is 0 Å². The molecular weight excluding hydrogens is 234 g/mol. The smallest absolute Gasteiger partial charge is 0.224 e. The highest BCUT2D eigenvalue weighted by molar-refractivity contribution is 6.30. The van der Waals surface area contributed by atoms with Gasteiger partial charge in [0.1, 0.15) is 0 Å². The Labute approximate surface area is 107 Å². The minimum Gasteiger partial charge on any atom is -0.326 e. The van der Waals surface area contributed by atoms with E-state index in [1.54, 1.807) is 12.1 Å². The van der Waals surface area contributed by atoms with Crippen molar-refractivity contribution in [2.75, 3.05) is 5.32 Å². The Kier molecular flexibility index (Phi) is 4.43. The van der Waals surface area contributed by atoms with Gasteiger partial charge in [-0.2, -0.15) is 0 Å². The average molecular weight is 252 g/mol. The second-order valence-electron chi connectivity index (χ2n) is 4.76. The third-order valence-electron chi connectivity index (χ3n) is 3.33. The van der Waals surface area contributed by atoms with Crippen LogP contribution in [0.5, 0.6) is 0 Å². The molecule has 1 aliphatic carbocycles. The van der Waals surface area contributed by atoms with Crippen molar-refractivity contribution in [3.8, 4) is 0 Å². The summed E-state index contributed by atoms with van der Waals surface area (Å²) in [6, 6.07) is 7.25. The van der Waals surface area contributed by atoms with E-state index in [4.69, 9.17) is 11.6 Å². The number of anilines is 1. The Bertz CT molecular complexity index is 368. The molecule has 0 aromatic heterocycles. The van der Waals surface area contributed by atoms with Gasteiger partial charge in [-0.3, -0.25) is 4.79 Å². The minimum atomic E-state index is 0.124. The summed E-state index contributed by atoms with van der Waals surface area (Å²) >= 11 is 5.79. The predicted molar refractivity (Wildman–Crippen MR) is 71.3 cm³/mol. The maximum atomic E-state index is 11.8.